The van der Waals surface area contributed by atoms with E-state index in [1.807, 2.05) is 18.7 Å². The SMILES string of the molecule is CN=C(NCc1c(C)nn(C)c1C)NCC1COCCO1. The third-order valence-electron chi connectivity index (χ3n) is 3.70. The number of aryl methyl sites for hydroxylation is 2. The summed E-state index contributed by atoms with van der Waals surface area (Å²) in [7, 11) is 3.72. The summed E-state index contributed by atoms with van der Waals surface area (Å²) in [5, 5.41) is 11.0. The maximum absolute atomic E-state index is 5.59. The molecule has 1 saturated heterocycles. The van der Waals surface area contributed by atoms with Gasteiger partial charge in [-0.3, -0.25) is 9.67 Å². The van der Waals surface area contributed by atoms with Crippen molar-refractivity contribution in [3.63, 3.8) is 0 Å². The monoisotopic (exact) mass is 295 g/mol. The molecule has 2 heterocycles. The van der Waals surface area contributed by atoms with E-state index in [1.54, 1.807) is 7.05 Å². The summed E-state index contributed by atoms with van der Waals surface area (Å²) in [5.41, 5.74) is 3.42. The van der Waals surface area contributed by atoms with Crippen molar-refractivity contribution in [3.05, 3.63) is 17.0 Å². The predicted molar refractivity (Wildman–Crippen MR) is 81.4 cm³/mol. The molecule has 0 bridgehead atoms. The molecule has 0 aromatic carbocycles. The fraction of sp³-hybridized carbons (Fsp3) is 0.714. The molecular weight excluding hydrogens is 270 g/mol. The highest BCUT2D eigenvalue weighted by molar-refractivity contribution is 5.79. The van der Waals surface area contributed by atoms with Gasteiger partial charge in [-0.2, -0.15) is 5.10 Å². The van der Waals surface area contributed by atoms with Crippen LogP contribution in [0.4, 0.5) is 0 Å². The van der Waals surface area contributed by atoms with E-state index < -0.39 is 0 Å². The Kier molecular flexibility index (Phi) is 5.58. The van der Waals surface area contributed by atoms with Crippen LogP contribution in [0, 0.1) is 13.8 Å². The van der Waals surface area contributed by atoms with E-state index in [-0.39, 0.29) is 6.10 Å². The molecule has 1 fully saturated rings. The van der Waals surface area contributed by atoms with Crippen molar-refractivity contribution in [2.24, 2.45) is 12.0 Å². The zero-order valence-corrected chi connectivity index (χ0v) is 13.3. The lowest BCUT2D eigenvalue weighted by Gasteiger charge is -2.24. The summed E-state index contributed by atoms with van der Waals surface area (Å²) in [6, 6.07) is 0. The highest BCUT2D eigenvalue weighted by Crippen LogP contribution is 2.10. The molecule has 1 atom stereocenters. The zero-order valence-electron chi connectivity index (χ0n) is 13.3. The molecule has 1 unspecified atom stereocenters. The summed E-state index contributed by atoms with van der Waals surface area (Å²) in [5.74, 6) is 0.756. The topological polar surface area (TPSA) is 72.7 Å². The van der Waals surface area contributed by atoms with Gasteiger partial charge in [0.2, 0.25) is 0 Å². The molecule has 0 aliphatic carbocycles. The second-order valence-electron chi connectivity index (χ2n) is 5.15. The lowest BCUT2D eigenvalue weighted by Crippen LogP contribution is -2.44. The Bertz CT molecular complexity index is 492. The van der Waals surface area contributed by atoms with Gasteiger partial charge >= 0.3 is 0 Å². The Morgan fingerprint density at radius 1 is 1.38 bits per heavy atom. The zero-order chi connectivity index (χ0) is 15.2. The average molecular weight is 295 g/mol. The van der Waals surface area contributed by atoms with Gasteiger partial charge in [-0.05, 0) is 13.8 Å². The molecule has 1 aliphatic heterocycles. The average Bonchev–Trinajstić information content (AvgIpc) is 2.74. The van der Waals surface area contributed by atoms with Gasteiger partial charge in [0.05, 0.1) is 31.6 Å². The van der Waals surface area contributed by atoms with Gasteiger partial charge in [0.25, 0.3) is 0 Å². The van der Waals surface area contributed by atoms with Crippen molar-refractivity contribution in [1.82, 2.24) is 20.4 Å². The van der Waals surface area contributed by atoms with Crippen LogP contribution in [0.15, 0.2) is 4.99 Å². The van der Waals surface area contributed by atoms with E-state index in [0.29, 0.717) is 32.9 Å². The van der Waals surface area contributed by atoms with Gasteiger partial charge in [-0.25, -0.2) is 0 Å². The first-order chi connectivity index (χ1) is 10.1. The summed E-state index contributed by atoms with van der Waals surface area (Å²) in [6.45, 7) is 7.45. The third-order valence-corrected chi connectivity index (χ3v) is 3.70. The Hall–Kier alpha value is -1.60. The lowest BCUT2D eigenvalue weighted by atomic mass is 10.2. The summed E-state index contributed by atoms with van der Waals surface area (Å²) in [6.07, 6.45) is 0.0826. The van der Waals surface area contributed by atoms with Crippen molar-refractivity contribution < 1.29 is 9.47 Å². The minimum Gasteiger partial charge on any atom is -0.376 e. The Morgan fingerprint density at radius 2 is 2.19 bits per heavy atom. The fourth-order valence-electron chi connectivity index (χ4n) is 2.33. The summed E-state index contributed by atoms with van der Waals surface area (Å²) in [4.78, 5) is 4.22. The molecule has 0 spiro atoms. The Balaban J connectivity index is 1.82. The van der Waals surface area contributed by atoms with Crippen LogP contribution in [0.2, 0.25) is 0 Å². The van der Waals surface area contributed by atoms with Gasteiger partial charge in [-0.1, -0.05) is 0 Å². The molecule has 0 radical (unpaired) electrons. The minimum absolute atomic E-state index is 0.0826. The number of aliphatic imine (C=N–C) groups is 1. The highest BCUT2D eigenvalue weighted by Gasteiger charge is 2.15. The number of hydrogen-bond donors (Lipinski definition) is 2. The largest absolute Gasteiger partial charge is 0.376 e. The van der Waals surface area contributed by atoms with Gasteiger partial charge in [0, 0.05) is 38.4 Å². The maximum atomic E-state index is 5.59. The highest BCUT2D eigenvalue weighted by atomic mass is 16.6. The molecule has 1 aromatic heterocycles. The van der Waals surface area contributed by atoms with Crippen LogP contribution < -0.4 is 10.6 Å². The molecular formula is C14H25N5O2. The standard InChI is InChI=1S/C14H25N5O2/c1-10-13(11(2)19(4)18-10)8-17-14(15-3)16-7-12-9-20-5-6-21-12/h12H,5-9H2,1-4H3,(H2,15,16,17). The molecule has 118 valence electrons. The number of aromatic nitrogens is 2. The van der Waals surface area contributed by atoms with Crippen LogP contribution in [-0.2, 0) is 23.1 Å². The van der Waals surface area contributed by atoms with Crippen molar-refractivity contribution in [2.45, 2.75) is 26.5 Å². The van der Waals surface area contributed by atoms with E-state index in [0.717, 1.165) is 11.7 Å². The number of guanidine groups is 1. The van der Waals surface area contributed by atoms with Crippen LogP contribution in [0.1, 0.15) is 17.0 Å². The normalized spacial score (nSPS) is 19.6. The fourth-order valence-corrected chi connectivity index (χ4v) is 2.33. The van der Waals surface area contributed by atoms with Crippen LogP contribution >= 0.6 is 0 Å². The Morgan fingerprint density at radius 3 is 2.76 bits per heavy atom. The number of nitrogens with one attached hydrogen (secondary N) is 2. The molecule has 7 heteroatoms. The molecule has 0 amide bonds. The maximum Gasteiger partial charge on any atom is 0.191 e. The summed E-state index contributed by atoms with van der Waals surface area (Å²) < 4.78 is 12.9. The minimum atomic E-state index is 0.0826. The second kappa shape index (κ2) is 7.42. The first-order valence-corrected chi connectivity index (χ1v) is 7.24. The van der Waals surface area contributed by atoms with Crippen LogP contribution in [0.25, 0.3) is 0 Å². The first-order valence-electron chi connectivity index (χ1n) is 7.24. The number of hydrogen-bond acceptors (Lipinski definition) is 4. The van der Waals surface area contributed by atoms with E-state index in [2.05, 4.69) is 27.6 Å². The van der Waals surface area contributed by atoms with E-state index >= 15 is 0 Å². The Labute approximate surface area is 125 Å². The first kappa shape index (κ1) is 15.8. The third kappa shape index (κ3) is 4.18. The van der Waals surface area contributed by atoms with Crippen molar-refractivity contribution in [3.8, 4) is 0 Å². The molecule has 1 aliphatic rings. The molecule has 2 N–H and O–H groups in total. The quantitative estimate of drug-likeness (QED) is 0.610. The number of rotatable bonds is 4. The van der Waals surface area contributed by atoms with E-state index in [1.165, 1.54) is 11.3 Å². The van der Waals surface area contributed by atoms with Crippen LogP contribution in [0.5, 0.6) is 0 Å². The number of ether oxygens (including phenoxy) is 2. The second-order valence-corrected chi connectivity index (χ2v) is 5.15. The van der Waals surface area contributed by atoms with Gasteiger partial charge in [0.15, 0.2) is 5.96 Å². The van der Waals surface area contributed by atoms with Crippen molar-refractivity contribution in [2.75, 3.05) is 33.4 Å². The molecule has 0 saturated carbocycles. The smallest absolute Gasteiger partial charge is 0.191 e. The van der Waals surface area contributed by atoms with Gasteiger partial charge in [-0.15, -0.1) is 0 Å². The van der Waals surface area contributed by atoms with Crippen molar-refractivity contribution in [1.29, 1.82) is 0 Å². The molecule has 7 nitrogen and oxygen atoms in total. The summed E-state index contributed by atoms with van der Waals surface area (Å²) >= 11 is 0. The van der Waals surface area contributed by atoms with E-state index in [9.17, 15) is 0 Å². The van der Waals surface area contributed by atoms with Crippen LogP contribution in [0.3, 0.4) is 0 Å². The molecule has 1 aromatic rings. The van der Waals surface area contributed by atoms with Crippen LogP contribution in [-0.4, -0.2) is 55.3 Å². The van der Waals surface area contributed by atoms with Gasteiger partial charge < -0.3 is 20.1 Å². The lowest BCUT2D eigenvalue weighted by molar-refractivity contribution is -0.0850. The molecule has 2 rings (SSSR count). The van der Waals surface area contributed by atoms with Crippen molar-refractivity contribution >= 4 is 5.96 Å². The molecule has 21 heavy (non-hydrogen) atoms. The predicted octanol–water partition coefficient (Wildman–Crippen LogP) is 0.117. The van der Waals surface area contributed by atoms with Gasteiger partial charge in [0.1, 0.15) is 0 Å². The van der Waals surface area contributed by atoms with E-state index in [4.69, 9.17) is 9.47 Å². The number of nitrogens with zero attached hydrogens (tertiary/aromatic N) is 3.